The summed E-state index contributed by atoms with van der Waals surface area (Å²) in [6.07, 6.45) is -0.763. The number of methoxy groups -OCH3 is 2. The Bertz CT molecular complexity index is 922. The lowest BCUT2D eigenvalue weighted by atomic mass is 9.86. The van der Waals surface area contributed by atoms with Crippen molar-refractivity contribution in [2.24, 2.45) is 0 Å². The van der Waals surface area contributed by atoms with Gasteiger partial charge in [0.2, 0.25) is 0 Å². The van der Waals surface area contributed by atoms with E-state index in [1.165, 1.54) is 14.2 Å². The number of hydrogen-bond donors (Lipinski definition) is 0. The molecule has 2 aromatic rings. The molecule has 0 atom stereocenters. The normalized spacial score (nSPS) is 11.6. The predicted octanol–water partition coefficient (Wildman–Crippen LogP) is 5.58. The maximum Gasteiger partial charge on any atom is 0.422 e. The molecule has 0 fully saturated rings. The van der Waals surface area contributed by atoms with E-state index in [-0.39, 0.29) is 5.41 Å². The van der Waals surface area contributed by atoms with Gasteiger partial charge >= 0.3 is 6.09 Å². The van der Waals surface area contributed by atoms with Crippen LogP contribution < -0.4 is 14.4 Å². The minimum atomic E-state index is -0.764. The maximum absolute atomic E-state index is 13.5. The second-order valence-corrected chi connectivity index (χ2v) is 8.99. The summed E-state index contributed by atoms with van der Waals surface area (Å²) in [6, 6.07) is 12.1. The lowest BCUT2D eigenvalue weighted by Crippen LogP contribution is -2.41. The van der Waals surface area contributed by atoms with E-state index in [9.17, 15) is 9.59 Å². The van der Waals surface area contributed by atoms with E-state index in [1.54, 1.807) is 51.1 Å². The van der Waals surface area contributed by atoms with E-state index in [2.05, 4.69) is 20.8 Å². The van der Waals surface area contributed by atoms with Crippen molar-refractivity contribution < 1.29 is 23.8 Å². The number of anilines is 1. The summed E-state index contributed by atoms with van der Waals surface area (Å²) in [7, 11) is 3.01. The van der Waals surface area contributed by atoms with Crippen molar-refractivity contribution in [1.82, 2.24) is 0 Å². The van der Waals surface area contributed by atoms with Crippen LogP contribution in [0.1, 0.15) is 57.5 Å². The van der Waals surface area contributed by atoms with Crippen LogP contribution in [0.25, 0.3) is 0 Å². The number of ether oxygens (including phenoxy) is 3. The average Bonchev–Trinajstić information content (AvgIpc) is 2.66. The van der Waals surface area contributed by atoms with Gasteiger partial charge in [0.25, 0.3) is 5.91 Å². The summed E-state index contributed by atoms with van der Waals surface area (Å²) in [4.78, 5) is 27.5. The van der Waals surface area contributed by atoms with E-state index in [0.29, 0.717) is 22.7 Å². The van der Waals surface area contributed by atoms with Crippen LogP contribution in [0, 0.1) is 0 Å². The molecule has 2 rings (SSSR count). The van der Waals surface area contributed by atoms with E-state index in [1.807, 2.05) is 12.1 Å². The largest absolute Gasteiger partial charge is 0.493 e. The van der Waals surface area contributed by atoms with Gasteiger partial charge < -0.3 is 14.2 Å². The van der Waals surface area contributed by atoms with Crippen LogP contribution in [0.2, 0.25) is 0 Å². The van der Waals surface area contributed by atoms with Gasteiger partial charge in [-0.25, -0.2) is 9.69 Å². The SMILES string of the molecule is COc1ccc(N(C(=O)OC(C)(C)C)C(=O)c2cccc(C(C)(C)C)c2)cc1OC. The Balaban J connectivity index is 2.57. The monoisotopic (exact) mass is 413 g/mol. The fourth-order valence-electron chi connectivity index (χ4n) is 2.82. The lowest BCUT2D eigenvalue weighted by molar-refractivity contribution is 0.0564. The van der Waals surface area contributed by atoms with Crippen LogP contribution in [-0.2, 0) is 10.2 Å². The Hall–Kier alpha value is -3.02. The summed E-state index contributed by atoms with van der Waals surface area (Å²) in [5.74, 6) is 0.412. The molecular formula is C24H31NO5. The van der Waals surface area contributed by atoms with Crippen molar-refractivity contribution in [3.63, 3.8) is 0 Å². The molecule has 0 saturated carbocycles. The van der Waals surface area contributed by atoms with Crippen LogP contribution in [0.4, 0.5) is 10.5 Å². The molecule has 0 saturated heterocycles. The molecule has 0 N–H and O–H groups in total. The standard InChI is InChI=1S/C24H31NO5/c1-23(2,3)17-11-9-10-16(14-17)21(26)25(22(27)30-24(4,5)6)18-12-13-19(28-7)20(15-18)29-8/h9-15H,1-8H3. The Kier molecular flexibility index (Phi) is 6.80. The van der Waals surface area contributed by atoms with Crippen LogP contribution in [0.15, 0.2) is 42.5 Å². The van der Waals surface area contributed by atoms with E-state index >= 15 is 0 Å². The molecule has 30 heavy (non-hydrogen) atoms. The van der Waals surface area contributed by atoms with E-state index < -0.39 is 17.6 Å². The van der Waals surface area contributed by atoms with Crippen LogP contribution in [0.3, 0.4) is 0 Å². The Labute approximate surface area is 178 Å². The average molecular weight is 414 g/mol. The first kappa shape index (κ1) is 23.3. The van der Waals surface area contributed by atoms with E-state index in [4.69, 9.17) is 14.2 Å². The number of imide groups is 1. The minimum Gasteiger partial charge on any atom is -0.493 e. The van der Waals surface area contributed by atoms with Crippen LogP contribution in [0.5, 0.6) is 11.5 Å². The third-order valence-corrected chi connectivity index (χ3v) is 4.38. The van der Waals surface area contributed by atoms with Gasteiger partial charge in [-0.1, -0.05) is 32.9 Å². The Morgan fingerprint density at radius 1 is 0.833 bits per heavy atom. The second-order valence-electron chi connectivity index (χ2n) is 8.99. The molecule has 2 aromatic carbocycles. The molecule has 0 radical (unpaired) electrons. The summed E-state index contributed by atoms with van der Waals surface area (Å²) >= 11 is 0. The summed E-state index contributed by atoms with van der Waals surface area (Å²) in [5, 5.41) is 0. The number of hydrogen-bond acceptors (Lipinski definition) is 5. The molecule has 0 spiro atoms. The lowest BCUT2D eigenvalue weighted by Gasteiger charge is -2.27. The van der Waals surface area contributed by atoms with Crippen LogP contribution >= 0.6 is 0 Å². The molecule has 0 aromatic heterocycles. The third kappa shape index (κ3) is 5.53. The number of amides is 2. The summed E-state index contributed by atoms with van der Waals surface area (Å²) in [5.41, 5.74) is 0.802. The summed E-state index contributed by atoms with van der Waals surface area (Å²) in [6.45, 7) is 11.5. The van der Waals surface area contributed by atoms with Crippen LogP contribution in [-0.4, -0.2) is 31.8 Å². The smallest absolute Gasteiger partial charge is 0.422 e. The number of carbonyl (C=O) groups excluding carboxylic acids is 2. The van der Waals surface area contributed by atoms with Crippen molar-refractivity contribution in [1.29, 1.82) is 0 Å². The van der Waals surface area contributed by atoms with Gasteiger partial charge in [-0.3, -0.25) is 4.79 Å². The first-order valence-corrected chi connectivity index (χ1v) is 9.77. The van der Waals surface area contributed by atoms with Gasteiger partial charge in [-0.05, 0) is 56.0 Å². The Morgan fingerprint density at radius 2 is 1.47 bits per heavy atom. The fourth-order valence-corrected chi connectivity index (χ4v) is 2.82. The molecule has 0 aliphatic heterocycles. The summed E-state index contributed by atoms with van der Waals surface area (Å²) < 4.78 is 16.1. The molecule has 2 amide bonds. The highest BCUT2D eigenvalue weighted by molar-refractivity contribution is 6.19. The van der Waals surface area contributed by atoms with Gasteiger partial charge in [-0.15, -0.1) is 0 Å². The first-order valence-electron chi connectivity index (χ1n) is 9.77. The highest BCUT2D eigenvalue weighted by Crippen LogP contribution is 2.33. The number of benzene rings is 2. The third-order valence-electron chi connectivity index (χ3n) is 4.38. The van der Waals surface area contributed by atoms with Gasteiger partial charge in [0.05, 0.1) is 19.9 Å². The minimum absolute atomic E-state index is 0.142. The fraction of sp³-hybridized carbons (Fsp3) is 0.417. The molecule has 0 bridgehead atoms. The Morgan fingerprint density at radius 3 is 2.00 bits per heavy atom. The van der Waals surface area contributed by atoms with Gasteiger partial charge in [0, 0.05) is 11.6 Å². The molecule has 0 aliphatic carbocycles. The van der Waals surface area contributed by atoms with Crippen molar-refractivity contribution >= 4 is 17.7 Å². The highest BCUT2D eigenvalue weighted by Gasteiger charge is 2.31. The molecule has 162 valence electrons. The van der Waals surface area contributed by atoms with E-state index in [0.717, 1.165) is 10.5 Å². The number of carbonyl (C=O) groups is 2. The quantitative estimate of drug-likeness (QED) is 0.654. The number of rotatable bonds is 4. The van der Waals surface area contributed by atoms with Gasteiger partial charge in [-0.2, -0.15) is 0 Å². The molecule has 6 heteroatoms. The van der Waals surface area contributed by atoms with Crippen molar-refractivity contribution in [3.8, 4) is 11.5 Å². The van der Waals surface area contributed by atoms with Gasteiger partial charge in [0.1, 0.15) is 5.60 Å². The molecule has 0 unspecified atom stereocenters. The predicted molar refractivity (Wildman–Crippen MR) is 118 cm³/mol. The molecule has 0 aliphatic rings. The molecule has 6 nitrogen and oxygen atoms in total. The van der Waals surface area contributed by atoms with Crippen molar-refractivity contribution in [2.75, 3.05) is 19.1 Å². The topological polar surface area (TPSA) is 65.1 Å². The zero-order chi connectivity index (χ0) is 22.7. The zero-order valence-corrected chi connectivity index (χ0v) is 19.0. The first-order chi connectivity index (χ1) is 13.9. The second kappa shape index (κ2) is 8.78. The zero-order valence-electron chi connectivity index (χ0n) is 19.0. The van der Waals surface area contributed by atoms with Gasteiger partial charge in [0.15, 0.2) is 11.5 Å². The maximum atomic E-state index is 13.5. The molecule has 0 heterocycles. The van der Waals surface area contributed by atoms with Crippen molar-refractivity contribution in [2.45, 2.75) is 52.6 Å². The van der Waals surface area contributed by atoms with Crippen molar-refractivity contribution in [3.05, 3.63) is 53.6 Å². The molecular weight excluding hydrogens is 382 g/mol. The number of nitrogens with zero attached hydrogens (tertiary/aromatic N) is 1. The highest BCUT2D eigenvalue weighted by atomic mass is 16.6.